The second kappa shape index (κ2) is 11.1. The van der Waals surface area contributed by atoms with Crippen LogP contribution in [0, 0.1) is 5.92 Å². The zero-order valence-corrected chi connectivity index (χ0v) is 18.0. The van der Waals surface area contributed by atoms with Crippen molar-refractivity contribution in [2.45, 2.75) is 68.1 Å². The molecule has 180 valence electrons. The summed E-state index contributed by atoms with van der Waals surface area (Å²) in [7, 11) is 3.07. The average molecular weight is 452 g/mol. The second-order valence-electron chi connectivity index (χ2n) is 8.22. The Balaban J connectivity index is 2.00. The Morgan fingerprint density at radius 3 is 2.61 bits per heavy atom. The van der Waals surface area contributed by atoms with Crippen molar-refractivity contribution in [3.8, 4) is 0 Å². The predicted molar refractivity (Wildman–Crippen MR) is 109 cm³/mol. The van der Waals surface area contributed by atoms with E-state index in [-0.39, 0.29) is 12.5 Å². The SMILES string of the molecule is CNC[C@@H]1C=C[C@@H](N)[C@@H](O[C@H]2[C@H](C)[C@@H](O)[C@H](NC(=O)[C@H](O)C(F)(F)CNC)C[C@@H]2N)O1. The highest BCUT2D eigenvalue weighted by atomic mass is 19.3. The van der Waals surface area contributed by atoms with Crippen molar-refractivity contribution in [1.82, 2.24) is 16.0 Å². The molecule has 1 fully saturated rings. The van der Waals surface area contributed by atoms with Gasteiger partial charge in [-0.3, -0.25) is 4.79 Å². The molecule has 10 nitrogen and oxygen atoms in total. The van der Waals surface area contributed by atoms with Crippen LogP contribution in [-0.4, -0.2) is 98.1 Å². The minimum absolute atomic E-state index is 0.0595. The smallest absolute Gasteiger partial charge is 0.294 e. The van der Waals surface area contributed by atoms with Crippen LogP contribution in [0.5, 0.6) is 0 Å². The van der Waals surface area contributed by atoms with E-state index >= 15 is 0 Å². The van der Waals surface area contributed by atoms with Crippen LogP contribution in [0.25, 0.3) is 0 Å². The lowest BCUT2D eigenvalue weighted by atomic mass is 9.78. The molecule has 0 bridgehead atoms. The van der Waals surface area contributed by atoms with Gasteiger partial charge in [0.15, 0.2) is 12.4 Å². The van der Waals surface area contributed by atoms with Crippen LogP contribution in [0.2, 0.25) is 0 Å². The van der Waals surface area contributed by atoms with Gasteiger partial charge in [-0.05, 0) is 20.5 Å². The molecule has 1 aliphatic carbocycles. The zero-order valence-electron chi connectivity index (χ0n) is 18.0. The molecule has 1 aliphatic heterocycles. The Kier molecular flexibility index (Phi) is 9.27. The maximum Gasteiger partial charge on any atom is 0.294 e. The predicted octanol–water partition coefficient (Wildman–Crippen LogP) is -2.37. The van der Waals surface area contributed by atoms with Gasteiger partial charge in [0.25, 0.3) is 11.8 Å². The molecule has 0 spiro atoms. The first-order valence-corrected chi connectivity index (χ1v) is 10.4. The Morgan fingerprint density at radius 2 is 2.00 bits per heavy atom. The number of halogens is 2. The van der Waals surface area contributed by atoms with Gasteiger partial charge in [-0.1, -0.05) is 19.1 Å². The van der Waals surface area contributed by atoms with Crippen molar-refractivity contribution in [1.29, 1.82) is 0 Å². The van der Waals surface area contributed by atoms with Gasteiger partial charge in [-0.25, -0.2) is 8.78 Å². The van der Waals surface area contributed by atoms with Gasteiger partial charge in [0.1, 0.15) is 0 Å². The van der Waals surface area contributed by atoms with E-state index in [4.69, 9.17) is 20.9 Å². The monoisotopic (exact) mass is 451 g/mol. The zero-order chi connectivity index (χ0) is 23.3. The van der Waals surface area contributed by atoms with Crippen molar-refractivity contribution < 1.29 is 33.3 Å². The molecule has 9 N–H and O–H groups in total. The van der Waals surface area contributed by atoms with Gasteiger partial charge in [-0.15, -0.1) is 0 Å². The minimum atomic E-state index is -3.66. The summed E-state index contributed by atoms with van der Waals surface area (Å²) < 4.78 is 39.4. The number of aliphatic hydroxyl groups is 2. The Morgan fingerprint density at radius 1 is 1.32 bits per heavy atom. The van der Waals surface area contributed by atoms with Crippen LogP contribution < -0.4 is 27.4 Å². The summed E-state index contributed by atoms with van der Waals surface area (Å²) in [6.45, 7) is 1.37. The number of amides is 1. The third kappa shape index (κ3) is 6.39. The molecule has 0 aromatic heterocycles. The number of hydrogen-bond acceptors (Lipinski definition) is 9. The van der Waals surface area contributed by atoms with Crippen molar-refractivity contribution in [3.63, 3.8) is 0 Å². The third-order valence-corrected chi connectivity index (χ3v) is 5.67. The average Bonchev–Trinajstić information content (AvgIpc) is 2.70. The van der Waals surface area contributed by atoms with E-state index in [2.05, 4.69) is 16.0 Å². The summed E-state index contributed by atoms with van der Waals surface area (Å²) in [5, 5.41) is 27.9. The number of aliphatic hydroxyl groups excluding tert-OH is 2. The Labute approximate surface area is 180 Å². The summed E-state index contributed by atoms with van der Waals surface area (Å²) in [6.07, 6.45) is -1.67. The molecule has 0 radical (unpaired) electrons. The highest BCUT2D eigenvalue weighted by Crippen LogP contribution is 2.30. The van der Waals surface area contributed by atoms with Gasteiger partial charge in [0.05, 0.1) is 36.9 Å². The van der Waals surface area contributed by atoms with E-state index in [0.717, 1.165) is 0 Å². The lowest BCUT2D eigenvalue weighted by Gasteiger charge is -2.45. The van der Waals surface area contributed by atoms with Crippen LogP contribution in [0.15, 0.2) is 12.2 Å². The Hall–Kier alpha value is -1.25. The molecule has 31 heavy (non-hydrogen) atoms. The normalized spacial score (nSPS) is 37.5. The summed E-state index contributed by atoms with van der Waals surface area (Å²) in [5.41, 5.74) is 12.3. The molecule has 2 aliphatic rings. The molecule has 0 aromatic carbocycles. The number of hydrogen-bond donors (Lipinski definition) is 7. The van der Waals surface area contributed by atoms with Gasteiger partial charge < -0.3 is 47.1 Å². The van der Waals surface area contributed by atoms with Crippen molar-refractivity contribution in [2.75, 3.05) is 27.2 Å². The molecule has 1 amide bonds. The summed E-state index contributed by atoms with van der Waals surface area (Å²) >= 11 is 0. The number of nitrogens with two attached hydrogens (primary N) is 2. The number of alkyl halides is 2. The molecular formula is C19H35F2N5O5. The molecule has 0 saturated heterocycles. The van der Waals surface area contributed by atoms with Gasteiger partial charge in [-0.2, -0.15) is 0 Å². The number of carbonyl (C=O) groups is 1. The fourth-order valence-corrected chi connectivity index (χ4v) is 3.92. The third-order valence-electron chi connectivity index (χ3n) is 5.67. The van der Waals surface area contributed by atoms with E-state index < -0.39 is 67.0 Å². The number of ether oxygens (including phenoxy) is 2. The topological polar surface area (TPSA) is 164 Å². The van der Waals surface area contributed by atoms with E-state index in [9.17, 15) is 23.8 Å². The molecule has 0 aromatic rings. The van der Waals surface area contributed by atoms with Crippen molar-refractivity contribution in [3.05, 3.63) is 12.2 Å². The van der Waals surface area contributed by atoms with E-state index in [1.807, 2.05) is 6.08 Å². The highest BCUT2D eigenvalue weighted by molar-refractivity contribution is 5.82. The maximum atomic E-state index is 13.8. The first kappa shape index (κ1) is 26.0. The van der Waals surface area contributed by atoms with E-state index in [1.165, 1.54) is 7.05 Å². The largest absolute Gasteiger partial charge is 0.391 e. The Bertz CT molecular complexity index is 628. The summed E-state index contributed by atoms with van der Waals surface area (Å²) in [4.78, 5) is 12.1. The van der Waals surface area contributed by atoms with Gasteiger partial charge in [0, 0.05) is 18.5 Å². The summed E-state index contributed by atoms with van der Waals surface area (Å²) in [5.74, 6) is -5.50. The van der Waals surface area contributed by atoms with Gasteiger partial charge in [0.2, 0.25) is 0 Å². The van der Waals surface area contributed by atoms with E-state index in [1.54, 1.807) is 20.0 Å². The fourth-order valence-electron chi connectivity index (χ4n) is 3.92. The standard InChI is InChI=1S/C19H35F2N5O5/c1-9-14(27)13(26-17(29)16(28)19(20,21)8-25-3)6-12(23)15(9)31-18-11(22)5-4-10(30-18)7-24-2/h4-5,9-16,18,24-25,27-28H,6-8,22-23H2,1-3H3,(H,26,29)/t9-,10+,11-,12+,13-,14-,15+,16+,18-/m1/s1. The molecule has 1 saturated carbocycles. The van der Waals surface area contributed by atoms with Crippen LogP contribution in [-0.2, 0) is 14.3 Å². The number of rotatable bonds is 9. The first-order valence-electron chi connectivity index (χ1n) is 10.4. The molecule has 2 rings (SSSR count). The summed E-state index contributed by atoms with van der Waals surface area (Å²) in [6, 6.07) is -2.08. The van der Waals surface area contributed by atoms with Crippen LogP contribution in [0.1, 0.15) is 13.3 Å². The van der Waals surface area contributed by atoms with Crippen LogP contribution in [0.4, 0.5) is 8.78 Å². The molecule has 0 unspecified atom stereocenters. The second-order valence-corrected chi connectivity index (χ2v) is 8.22. The fraction of sp³-hybridized carbons (Fsp3) is 0.842. The van der Waals surface area contributed by atoms with Crippen LogP contribution >= 0.6 is 0 Å². The van der Waals surface area contributed by atoms with Gasteiger partial charge >= 0.3 is 0 Å². The van der Waals surface area contributed by atoms with Crippen molar-refractivity contribution >= 4 is 5.91 Å². The number of nitrogens with one attached hydrogen (secondary N) is 3. The lowest BCUT2D eigenvalue weighted by molar-refractivity contribution is -0.221. The molecule has 1 heterocycles. The lowest BCUT2D eigenvalue weighted by Crippen LogP contribution is -2.63. The minimum Gasteiger partial charge on any atom is -0.391 e. The number of carbonyl (C=O) groups excluding carboxylic acids is 1. The molecule has 9 atom stereocenters. The highest BCUT2D eigenvalue weighted by Gasteiger charge is 2.47. The number of likely N-dealkylation sites (N-methyl/N-ethyl adjacent to an activating group) is 1. The first-order chi connectivity index (χ1) is 14.5. The van der Waals surface area contributed by atoms with Crippen molar-refractivity contribution in [2.24, 2.45) is 17.4 Å². The maximum absolute atomic E-state index is 13.8. The molecule has 12 heteroatoms. The quantitative estimate of drug-likeness (QED) is 0.190. The van der Waals surface area contributed by atoms with Crippen LogP contribution in [0.3, 0.4) is 0 Å². The van der Waals surface area contributed by atoms with E-state index in [0.29, 0.717) is 6.54 Å². The molecular weight excluding hydrogens is 416 g/mol.